The summed E-state index contributed by atoms with van der Waals surface area (Å²) in [6.45, 7) is 10.8. The zero-order valence-corrected chi connectivity index (χ0v) is 15.8. The van der Waals surface area contributed by atoms with Crippen molar-refractivity contribution in [1.29, 1.82) is 0 Å². The van der Waals surface area contributed by atoms with Gasteiger partial charge < -0.3 is 14.8 Å². The van der Waals surface area contributed by atoms with Gasteiger partial charge in [-0.25, -0.2) is 0 Å². The standard InChI is InChI=1S/C22H29NO2/c1-6-9-19-10-8-11-20(22(19)23-17(4)24-5)15-25-21-13-12-18(7-2)14-16(21)3/h8,10-14,23H,4,6-7,9,15H2,1-3,5H3. The molecule has 0 aliphatic heterocycles. The van der Waals surface area contributed by atoms with E-state index >= 15 is 0 Å². The van der Waals surface area contributed by atoms with Crippen molar-refractivity contribution >= 4 is 5.69 Å². The molecule has 2 aromatic carbocycles. The molecule has 0 aliphatic carbocycles. The lowest BCUT2D eigenvalue weighted by Crippen LogP contribution is -2.08. The lowest BCUT2D eigenvalue weighted by molar-refractivity contribution is 0.296. The lowest BCUT2D eigenvalue weighted by Gasteiger charge is -2.18. The van der Waals surface area contributed by atoms with E-state index in [9.17, 15) is 0 Å². The maximum Gasteiger partial charge on any atom is 0.183 e. The molecular weight excluding hydrogens is 310 g/mol. The van der Waals surface area contributed by atoms with Crippen molar-refractivity contribution in [1.82, 2.24) is 0 Å². The molecule has 25 heavy (non-hydrogen) atoms. The Hall–Kier alpha value is -2.42. The highest BCUT2D eigenvalue weighted by Crippen LogP contribution is 2.27. The highest BCUT2D eigenvalue weighted by atomic mass is 16.5. The molecule has 0 unspecified atom stereocenters. The zero-order valence-electron chi connectivity index (χ0n) is 15.8. The molecular formula is C22H29NO2. The van der Waals surface area contributed by atoms with Crippen molar-refractivity contribution in [2.24, 2.45) is 0 Å². The van der Waals surface area contributed by atoms with E-state index in [-0.39, 0.29) is 0 Å². The number of hydrogen-bond acceptors (Lipinski definition) is 3. The van der Waals surface area contributed by atoms with Crippen LogP contribution in [0.5, 0.6) is 5.75 Å². The molecule has 1 N–H and O–H groups in total. The fraction of sp³-hybridized carbons (Fsp3) is 0.364. The molecule has 2 aromatic rings. The second-order valence-electron chi connectivity index (χ2n) is 6.20. The zero-order chi connectivity index (χ0) is 18.2. The average molecular weight is 339 g/mol. The van der Waals surface area contributed by atoms with Crippen LogP contribution in [-0.4, -0.2) is 7.11 Å². The van der Waals surface area contributed by atoms with Gasteiger partial charge in [0, 0.05) is 5.56 Å². The number of benzene rings is 2. The number of anilines is 1. The quantitative estimate of drug-likeness (QED) is 0.602. The molecule has 0 bridgehead atoms. The highest BCUT2D eigenvalue weighted by Gasteiger charge is 2.11. The number of methoxy groups -OCH3 is 1. The van der Waals surface area contributed by atoms with E-state index in [0.29, 0.717) is 12.5 Å². The molecule has 3 heteroatoms. The molecule has 0 atom stereocenters. The Labute approximate surface area is 151 Å². The fourth-order valence-corrected chi connectivity index (χ4v) is 2.85. The third-order valence-electron chi connectivity index (χ3n) is 4.30. The predicted octanol–water partition coefficient (Wildman–Crippen LogP) is 5.62. The maximum absolute atomic E-state index is 6.10. The molecule has 0 aliphatic rings. The van der Waals surface area contributed by atoms with E-state index in [1.807, 2.05) is 0 Å². The van der Waals surface area contributed by atoms with Gasteiger partial charge in [0.05, 0.1) is 12.8 Å². The summed E-state index contributed by atoms with van der Waals surface area (Å²) >= 11 is 0. The van der Waals surface area contributed by atoms with Crippen molar-refractivity contribution < 1.29 is 9.47 Å². The molecule has 0 spiro atoms. The number of ether oxygens (including phenoxy) is 2. The minimum Gasteiger partial charge on any atom is -0.489 e. The lowest BCUT2D eigenvalue weighted by atomic mass is 10.0. The summed E-state index contributed by atoms with van der Waals surface area (Å²) in [5.41, 5.74) is 5.88. The number of rotatable bonds is 9. The van der Waals surface area contributed by atoms with Gasteiger partial charge in [0.2, 0.25) is 0 Å². The SMILES string of the molecule is C=C(Nc1c(CCC)cccc1COc1ccc(CC)cc1C)OC. The Balaban J connectivity index is 2.23. The third kappa shape index (κ3) is 5.02. The molecule has 0 saturated carbocycles. The normalized spacial score (nSPS) is 10.4. The largest absolute Gasteiger partial charge is 0.489 e. The summed E-state index contributed by atoms with van der Waals surface area (Å²) in [5, 5.41) is 3.29. The molecule has 0 radical (unpaired) electrons. The predicted molar refractivity (Wildman–Crippen MR) is 105 cm³/mol. The van der Waals surface area contributed by atoms with Gasteiger partial charge in [0.1, 0.15) is 12.4 Å². The van der Waals surface area contributed by atoms with Crippen LogP contribution in [-0.2, 0) is 24.2 Å². The molecule has 2 rings (SSSR count). The number of nitrogens with one attached hydrogen (secondary N) is 1. The van der Waals surface area contributed by atoms with Crippen molar-refractivity contribution in [2.75, 3.05) is 12.4 Å². The number of aryl methyl sites for hydroxylation is 3. The minimum atomic E-state index is 0.503. The van der Waals surface area contributed by atoms with E-state index in [0.717, 1.165) is 36.3 Å². The van der Waals surface area contributed by atoms with Crippen LogP contribution in [0.1, 0.15) is 42.5 Å². The second-order valence-corrected chi connectivity index (χ2v) is 6.20. The first-order valence-electron chi connectivity index (χ1n) is 8.92. The van der Waals surface area contributed by atoms with E-state index in [4.69, 9.17) is 9.47 Å². The van der Waals surface area contributed by atoms with Crippen molar-refractivity contribution in [3.8, 4) is 5.75 Å². The van der Waals surface area contributed by atoms with Crippen LogP contribution in [0.15, 0.2) is 48.9 Å². The molecule has 0 aromatic heterocycles. The topological polar surface area (TPSA) is 30.5 Å². The Morgan fingerprint density at radius 1 is 1.12 bits per heavy atom. The van der Waals surface area contributed by atoms with Crippen LogP contribution in [0.2, 0.25) is 0 Å². The van der Waals surface area contributed by atoms with E-state index in [2.05, 4.69) is 69.1 Å². The minimum absolute atomic E-state index is 0.503. The Kier molecular flexibility index (Phi) is 6.93. The van der Waals surface area contributed by atoms with Gasteiger partial charge in [-0.1, -0.05) is 50.6 Å². The van der Waals surface area contributed by atoms with E-state index < -0.39 is 0 Å². The Bertz CT molecular complexity index is 722. The van der Waals surface area contributed by atoms with Crippen molar-refractivity contribution in [3.05, 3.63) is 71.1 Å². The van der Waals surface area contributed by atoms with Crippen LogP contribution < -0.4 is 10.1 Å². The van der Waals surface area contributed by atoms with E-state index in [1.54, 1.807) is 7.11 Å². The monoisotopic (exact) mass is 339 g/mol. The maximum atomic E-state index is 6.10. The fourth-order valence-electron chi connectivity index (χ4n) is 2.85. The van der Waals surface area contributed by atoms with Gasteiger partial charge in [0.25, 0.3) is 0 Å². The first-order chi connectivity index (χ1) is 12.1. The Morgan fingerprint density at radius 2 is 1.88 bits per heavy atom. The summed E-state index contributed by atoms with van der Waals surface area (Å²) in [4.78, 5) is 0. The van der Waals surface area contributed by atoms with Crippen LogP contribution in [0.3, 0.4) is 0 Å². The van der Waals surface area contributed by atoms with Gasteiger partial charge >= 0.3 is 0 Å². The molecule has 3 nitrogen and oxygen atoms in total. The van der Waals surface area contributed by atoms with Gasteiger partial charge in [0.15, 0.2) is 5.88 Å². The molecule has 0 fully saturated rings. The first-order valence-corrected chi connectivity index (χ1v) is 8.92. The first kappa shape index (κ1) is 18.9. The van der Waals surface area contributed by atoms with Gasteiger partial charge in [-0.3, -0.25) is 0 Å². The highest BCUT2D eigenvalue weighted by molar-refractivity contribution is 5.60. The van der Waals surface area contributed by atoms with Gasteiger partial charge in [-0.2, -0.15) is 0 Å². The van der Waals surface area contributed by atoms with Crippen molar-refractivity contribution in [3.63, 3.8) is 0 Å². The van der Waals surface area contributed by atoms with Crippen LogP contribution >= 0.6 is 0 Å². The van der Waals surface area contributed by atoms with E-state index in [1.165, 1.54) is 16.7 Å². The second kappa shape index (κ2) is 9.16. The smallest absolute Gasteiger partial charge is 0.183 e. The van der Waals surface area contributed by atoms with Gasteiger partial charge in [-0.15, -0.1) is 0 Å². The number of hydrogen-bond donors (Lipinski definition) is 1. The average Bonchev–Trinajstić information content (AvgIpc) is 2.62. The molecule has 0 heterocycles. The van der Waals surface area contributed by atoms with Crippen molar-refractivity contribution in [2.45, 2.75) is 46.6 Å². The number of para-hydroxylation sites is 1. The summed E-state index contributed by atoms with van der Waals surface area (Å²) < 4.78 is 11.3. The van der Waals surface area contributed by atoms with Crippen LogP contribution in [0, 0.1) is 6.92 Å². The Morgan fingerprint density at radius 3 is 2.52 bits per heavy atom. The summed E-state index contributed by atoms with van der Waals surface area (Å²) in [6.07, 6.45) is 3.11. The third-order valence-corrected chi connectivity index (χ3v) is 4.30. The molecule has 0 saturated heterocycles. The van der Waals surface area contributed by atoms with Crippen LogP contribution in [0.25, 0.3) is 0 Å². The summed E-state index contributed by atoms with van der Waals surface area (Å²) in [7, 11) is 1.62. The van der Waals surface area contributed by atoms with Crippen LogP contribution in [0.4, 0.5) is 5.69 Å². The molecule has 134 valence electrons. The van der Waals surface area contributed by atoms with Gasteiger partial charge in [-0.05, 0) is 49.1 Å². The molecule has 0 amide bonds. The summed E-state index contributed by atoms with van der Waals surface area (Å²) in [6, 6.07) is 12.7. The summed E-state index contributed by atoms with van der Waals surface area (Å²) in [5.74, 6) is 1.46.